The summed E-state index contributed by atoms with van der Waals surface area (Å²) in [5.74, 6) is 0.787. The van der Waals surface area contributed by atoms with Gasteiger partial charge in [-0.1, -0.05) is 29.2 Å². The van der Waals surface area contributed by atoms with Gasteiger partial charge >= 0.3 is 0 Å². The van der Waals surface area contributed by atoms with Gasteiger partial charge in [-0.15, -0.1) is 11.3 Å². The predicted molar refractivity (Wildman–Crippen MR) is 105 cm³/mol. The van der Waals surface area contributed by atoms with Crippen LogP contribution in [-0.4, -0.2) is 28.9 Å². The minimum atomic E-state index is -0.267. The molecule has 0 saturated carbocycles. The number of aromatic nitrogens is 2. The second kappa shape index (κ2) is 6.11. The van der Waals surface area contributed by atoms with Crippen LogP contribution in [0.15, 0.2) is 34.7 Å². The summed E-state index contributed by atoms with van der Waals surface area (Å²) >= 11 is 4.72. The van der Waals surface area contributed by atoms with Gasteiger partial charge in [0.1, 0.15) is 0 Å². The summed E-state index contributed by atoms with van der Waals surface area (Å²) < 4.78 is 13.9. The van der Waals surface area contributed by atoms with Crippen LogP contribution in [0.1, 0.15) is 10.4 Å². The molecule has 6 nitrogen and oxygen atoms in total. The molecule has 0 spiro atoms. The van der Waals surface area contributed by atoms with Gasteiger partial charge in [0.2, 0.25) is 6.79 Å². The Morgan fingerprint density at radius 1 is 1.12 bits per heavy atom. The lowest BCUT2D eigenvalue weighted by molar-refractivity contribution is 0.102. The number of rotatable bonds is 3. The van der Waals surface area contributed by atoms with Crippen molar-refractivity contribution in [3.8, 4) is 11.5 Å². The number of para-hydroxylation sites is 1. The first-order valence-corrected chi connectivity index (χ1v) is 10.5. The van der Waals surface area contributed by atoms with Crippen LogP contribution < -0.4 is 14.8 Å². The van der Waals surface area contributed by atoms with E-state index in [1.165, 1.54) is 11.3 Å². The summed E-state index contributed by atoms with van der Waals surface area (Å²) in [5.41, 5.74) is 2.25. The molecule has 5 rings (SSSR count). The van der Waals surface area contributed by atoms with Gasteiger partial charge in [-0.25, -0.2) is 9.97 Å². The van der Waals surface area contributed by atoms with E-state index in [0.717, 1.165) is 24.8 Å². The van der Waals surface area contributed by atoms with E-state index in [1.807, 2.05) is 18.4 Å². The van der Waals surface area contributed by atoms with E-state index >= 15 is 0 Å². The zero-order valence-corrected chi connectivity index (χ0v) is 15.9. The van der Waals surface area contributed by atoms with Crippen molar-refractivity contribution >= 4 is 65.9 Å². The minimum absolute atomic E-state index is 0.127. The molecule has 4 aromatic rings. The maximum absolute atomic E-state index is 12.7. The van der Waals surface area contributed by atoms with Crippen molar-refractivity contribution in [2.45, 2.75) is 4.34 Å². The molecular weight excluding hydrogens is 390 g/mol. The van der Waals surface area contributed by atoms with E-state index in [9.17, 15) is 4.79 Å². The molecule has 1 N–H and O–H groups in total. The monoisotopic (exact) mass is 401 g/mol. The van der Waals surface area contributed by atoms with Crippen molar-refractivity contribution in [2.24, 2.45) is 0 Å². The fraction of sp³-hybridized carbons (Fsp3) is 0.118. The van der Waals surface area contributed by atoms with Crippen LogP contribution in [0, 0.1) is 0 Å². The van der Waals surface area contributed by atoms with Crippen LogP contribution in [0.4, 0.5) is 5.13 Å². The Balaban J connectivity index is 1.52. The lowest BCUT2D eigenvalue weighted by Gasteiger charge is -2.04. The Hall–Kier alpha value is -2.36. The average Bonchev–Trinajstić information content (AvgIpc) is 3.36. The average molecular weight is 401 g/mol. The maximum atomic E-state index is 12.7. The third kappa shape index (κ3) is 2.51. The Bertz CT molecular complexity index is 1170. The molecule has 130 valence electrons. The number of hydrogen-bond donors (Lipinski definition) is 1. The number of thioether (sulfide) groups is 1. The van der Waals surface area contributed by atoms with Crippen molar-refractivity contribution < 1.29 is 14.3 Å². The summed E-state index contributed by atoms with van der Waals surface area (Å²) in [6.45, 7) is 0.127. The third-order valence-corrected chi connectivity index (χ3v) is 7.14. The molecule has 1 aliphatic rings. The Kier molecular flexibility index (Phi) is 3.73. The van der Waals surface area contributed by atoms with Gasteiger partial charge < -0.3 is 9.47 Å². The molecule has 0 unspecified atom stereocenters. The number of nitrogens with one attached hydrogen (secondary N) is 1. The maximum Gasteiger partial charge on any atom is 0.261 e. The molecule has 0 atom stereocenters. The Morgan fingerprint density at radius 3 is 2.77 bits per heavy atom. The van der Waals surface area contributed by atoms with E-state index in [1.54, 1.807) is 41.3 Å². The molecule has 1 amide bonds. The molecule has 0 aliphatic carbocycles. The van der Waals surface area contributed by atoms with Gasteiger partial charge in [0.05, 0.1) is 26.0 Å². The third-order valence-electron chi connectivity index (χ3n) is 3.93. The Labute approximate surface area is 160 Å². The van der Waals surface area contributed by atoms with Crippen molar-refractivity contribution in [1.29, 1.82) is 0 Å². The number of ether oxygens (including phenoxy) is 2. The molecule has 0 radical (unpaired) electrons. The second-order valence-corrected chi connectivity index (χ2v) is 8.51. The van der Waals surface area contributed by atoms with Crippen molar-refractivity contribution in [3.05, 3.63) is 35.9 Å². The summed E-state index contributed by atoms with van der Waals surface area (Å²) in [7, 11) is 0. The lowest BCUT2D eigenvalue weighted by atomic mass is 10.2. The molecule has 9 heteroatoms. The van der Waals surface area contributed by atoms with E-state index in [0.29, 0.717) is 22.2 Å². The zero-order valence-electron chi connectivity index (χ0n) is 13.4. The molecule has 0 bridgehead atoms. The number of thiazole rings is 2. The molecule has 0 saturated heterocycles. The van der Waals surface area contributed by atoms with Gasteiger partial charge in [0.25, 0.3) is 5.91 Å². The van der Waals surface area contributed by atoms with Crippen LogP contribution in [0.2, 0.25) is 0 Å². The smallest absolute Gasteiger partial charge is 0.261 e. The van der Waals surface area contributed by atoms with Crippen LogP contribution in [0.5, 0.6) is 11.5 Å². The number of fused-ring (bicyclic) bond motifs is 4. The van der Waals surface area contributed by atoms with Crippen molar-refractivity contribution in [2.75, 3.05) is 18.4 Å². The SMILES string of the molecule is CSc1nc2ccc3nc(NC(=O)c4cccc5c4OCO5)sc3c2s1. The van der Waals surface area contributed by atoms with Crippen LogP contribution >= 0.6 is 34.4 Å². The number of benzene rings is 2. The van der Waals surface area contributed by atoms with E-state index in [-0.39, 0.29) is 12.7 Å². The summed E-state index contributed by atoms with van der Waals surface area (Å²) in [5, 5.41) is 3.42. The highest BCUT2D eigenvalue weighted by Gasteiger charge is 2.22. The number of carbonyl (C=O) groups excluding carboxylic acids is 1. The molecule has 1 aliphatic heterocycles. The lowest BCUT2D eigenvalue weighted by Crippen LogP contribution is -2.12. The highest BCUT2D eigenvalue weighted by Crippen LogP contribution is 2.39. The number of hydrogen-bond acceptors (Lipinski definition) is 8. The fourth-order valence-electron chi connectivity index (χ4n) is 2.77. The van der Waals surface area contributed by atoms with E-state index in [4.69, 9.17) is 9.47 Å². The molecule has 26 heavy (non-hydrogen) atoms. The topological polar surface area (TPSA) is 73.3 Å². The molecule has 3 heterocycles. The fourth-order valence-corrected chi connectivity index (χ4v) is 5.42. The van der Waals surface area contributed by atoms with Crippen LogP contribution in [0.25, 0.3) is 20.4 Å². The van der Waals surface area contributed by atoms with Crippen LogP contribution in [0.3, 0.4) is 0 Å². The van der Waals surface area contributed by atoms with Crippen LogP contribution in [-0.2, 0) is 0 Å². The van der Waals surface area contributed by atoms with E-state index in [2.05, 4.69) is 15.3 Å². The highest BCUT2D eigenvalue weighted by atomic mass is 32.2. The molecule has 2 aromatic heterocycles. The van der Waals surface area contributed by atoms with Crippen molar-refractivity contribution in [3.63, 3.8) is 0 Å². The molecule has 0 fully saturated rings. The van der Waals surface area contributed by atoms with Crippen molar-refractivity contribution in [1.82, 2.24) is 9.97 Å². The minimum Gasteiger partial charge on any atom is -0.454 e. The predicted octanol–water partition coefficient (Wildman–Crippen LogP) is 4.61. The number of anilines is 1. The number of nitrogens with zero attached hydrogens (tertiary/aromatic N) is 2. The summed E-state index contributed by atoms with van der Waals surface area (Å²) in [4.78, 5) is 21.8. The first kappa shape index (κ1) is 15.9. The zero-order chi connectivity index (χ0) is 17.7. The first-order chi connectivity index (χ1) is 12.7. The van der Waals surface area contributed by atoms with Gasteiger partial charge in [-0.3, -0.25) is 10.1 Å². The van der Waals surface area contributed by atoms with E-state index < -0.39 is 0 Å². The first-order valence-electron chi connectivity index (χ1n) is 7.67. The highest BCUT2D eigenvalue weighted by molar-refractivity contribution is 8.00. The quantitative estimate of drug-likeness (QED) is 0.506. The summed E-state index contributed by atoms with van der Waals surface area (Å²) in [6, 6.07) is 9.16. The van der Waals surface area contributed by atoms with Gasteiger partial charge in [0.15, 0.2) is 21.0 Å². The van der Waals surface area contributed by atoms with Gasteiger partial charge in [-0.05, 0) is 30.5 Å². The normalized spacial score (nSPS) is 12.8. The number of carbonyl (C=O) groups is 1. The standard InChI is InChI=1S/C17H11N3O3S3/c1-24-17-19-10-6-5-9-13(14(10)26-17)25-16(18-9)20-15(21)8-3-2-4-11-12(8)23-7-22-11/h2-6H,7H2,1H3,(H,18,20,21). The summed E-state index contributed by atoms with van der Waals surface area (Å²) in [6.07, 6.45) is 2.01. The molecular formula is C17H11N3O3S3. The Morgan fingerprint density at radius 2 is 1.92 bits per heavy atom. The second-order valence-electron chi connectivity index (χ2n) is 5.46. The largest absolute Gasteiger partial charge is 0.454 e. The number of amides is 1. The molecule has 2 aromatic carbocycles. The van der Waals surface area contributed by atoms with Gasteiger partial charge in [0, 0.05) is 0 Å². The van der Waals surface area contributed by atoms with Gasteiger partial charge in [-0.2, -0.15) is 0 Å².